The van der Waals surface area contributed by atoms with Gasteiger partial charge in [-0.25, -0.2) is 9.97 Å². The molecule has 1 N–H and O–H groups in total. The Morgan fingerprint density at radius 3 is 3.06 bits per heavy atom. The summed E-state index contributed by atoms with van der Waals surface area (Å²) in [6, 6.07) is 2.02. The van der Waals surface area contributed by atoms with Crippen molar-refractivity contribution in [2.45, 2.75) is 32.1 Å². The van der Waals surface area contributed by atoms with Crippen molar-refractivity contribution in [1.29, 1.82) is 0 Å². The zero-order valence-corrected chi connectivity index (χ0v) is 10.7. The van der Waals surface area contributed by atoms with Crippen LogP contribution in [0.15, 0.2) is 12.3 Å². The van der Waals surface area contributed by atoms with Gasteiger partial charge in [-0.2, -0.15) is 0 Å². The second kappa shape index (κ2) is 5.10. The van der Waals surface area contributed by atoms with Gasteiger partial charge < -0.3 is 10.0 Å². The molecule has 0 aromatic carbocycles. The third-order valence-electron chi connectivity index (χ3n) is 3.59. The largest absolute Gasteiger partial charge is 0.395 e. The monoisotopic (exact) mass is 235 g/mol. The van der Waals surface area contributed by atoms with Crippen LogP contribution in [0.1, 0.15) is 31.3 Å². The molecule has 1 saturated heterocycles. The molecule has 1 fully saturated rings. The van der Waals surface area contributed by atoms with Crippen molar-refractivity contribution < 1.29 is 5.11 Å². The number of piperidine rings is 1. The normalized spacial score (nSPS) is 26.1. The molecular formula is C13H21N3O. The maximum atomic E-state index is 9.04. The van der Waals surface area contributed by atoms with Crippen molar-refractivity contribution in [1.82, 2.24) is 14.9 Å². The van der Waals surface area contributed by atoms with Crippen molar-refractivity contribution in [2.75, 3.05) is 26.2 Å². The average molecular weight is 235 g/mol. The minimum Gasteiger partial charge on any atom is -0.395 e. The van der Waals surface area contributed by atoms with E-state index in [-0.39, 0.29) is 12.0 Å². The van der Waals surface area contributed by atoms with Gasteiger partial charge in [0.2, 0.25) is 0 Å². The quantitative estimate of drug-likeness (QED) is 0.853. The average Bonchev–Trinajstić information content (AvgIpc) is 2.30. The second-order valence-corrected chi connectivity index (χ2v) is 5.15. The lowest BCUT2D eigenvalue weighted by molar-refractivity contribution is 0.125. The summed E-state index contributed by atoms with van der Waals surface area (Å²) >= 11 is 0. The topological polar surface area (TPSA) is 49.2 Å². The molecule has 1 aliphatic rings. The van der Waals surface area contributed by atoms with Crippen LogP contribution in [0.2, 0.25) is 0 Å². The number of hydrogen-bond acceptors (Lipinski definition) is 4. The number of aromatic nitrogens is 2. The smallest absolute Gasteiger partial charge is 0.125 e. The number of aliphatic hydroxyl groups is 1. The molecule has 1 aliphatic heterocycles. The van der Waals surface area contributed by atoms with Crippen LogP contribution < -0.4 is 0 Å². The number of likely N-dealkylation sites (tertiary alicyclic amines) is 1. The van der Waals surface area contributed by atoms with Crippen LogP contribution in [-0.4, -0.2) is 46.2 Å². The predicted molar refractivity (Wildman–Crippen MR) is 66.9 cm³/mol. The lowest BCUT2D eigenvalue weighted by Gasteiger charge is -2.40. The summed E-state index contributed by atoms with van der Waals surface area (Å²) in [5.74, 6) is 0.836. The summed E-state index contributed by atoms with van der Waals surface area (Å²) in [6.07, 6.45) is 4.17. The minimum absolute atomic E-state index is 0.0983. The number of nitrogens with zero attached hydrogens (tertiary/aromatic N) is 3. The van der Waals surface area contributed by atoms with E-state index in [1.54, 1.807) is 0 Å². The summed E-state index contributed by atoms with van der Waals surface area (Å²) in [7, 11) is 0. The van der Waals surface area contributed by atoms with Crippen LogP contribution in [0.25, 0.3) is 0 Å². The summed E-state index contributed by atoms with van der Waals surface area (Å²) in [4.78, 5) is 11.0. The van der Waals surface area contributed by atoms with E-state index in [2.05, 4.69) is 21.8 Å². The van der Waals surface area contributed by atoms with Crippen LogP contribution in [0.5, 0.6) is 0 Å². The van der Waals surface area contributed by atoms with Gasteiger partial charge in [0.25, 0.3) is 0 Å². The SMILES string of the molecule is Cc1nccc([C@]2(C)CCCN(CCO)C2)n1. The zero-order chi connectivity index (χ0) is 12.3. The highest BCUT2D eigenvalue weighted by Crippen LogP contribution is 2.32. The third-order valence-corrected chi connectivity index (χ3v) is 3.59. The molecule has 1 aromatic rings. The highest BCUT2D eigenvalue weighted by Gasteiger charge is 2.33. The molecule has 0 saturated carbocycles. The highest BCUT2D eigenvalue weighted by molar-refractivity contribution is 5.17. The molecule has 94 valence electrons. The second-order valence-electron chi connectivity index (χ2n) is 5.15. The Bertz CT molecular complexity index is 381. The van der Waals surface area contributed by atoms with Crippen molar-refractivity contribution in [2.24, 2.45) is 0 Å². The molecule has 1 atom stereocenters. The van der Waals surface area contributed by atoms with Gasteiger partial charge in [0, 0.05) is 24.7 Å². The van der Waals surface area contributed by atoms with Gasteiger partial charge in [-0.1, -0.05) is 6.92 Å². The number of aryl methyl sites for hydroxylation is 1. The van der Waals surface area contributed by atoms with Gasteiger partial charge in [-0.3, -0.25) is 0 Å². The summed E-state index contributed by atoms with van der Waals surface area (Å²) < 4.78 is 0. The number of aliphatic hydroxyl groups excluding tert-OH is 1. The molecule has 4 nitrogen and oxygen atoms in total. The molecule has 17 heavy (non-hydrogen) atoms. The van der Waals surface area contributed by atoms with E-state index >= 15 is 0 Å². The number of rotatable bonds is 3. The van der Waals surface area contributed by atoms with E-state index in [1.807, 2.05) is 19.2 Å². The lowest BCUT2D eigenvalue weighted by Crippen LogP contribution is -2.45. The van der Waals surface area contributed by atoms with Crippen LogP contribution >= 0.6 is 0 Å². The van der Waals surface area contributed by atoms with E-state index in [0.717, 1.165) is 37.6 Å². The molecule has 0 unspecified atom stereocenters. The number of β-amino-alcohol motifs (C(OH)–C–C–N with tert-alkyl or cyclic N) is 1. The first kappa shape index (κ1) is 12.5. The maximum absolute atomic E-state index is 9.04. The van der Waals surface area contributed by atoms with Crippen molar-refractivity contribution in [3.8, 4) is 0 Å². The predicted octanol–water partition coefficient (Wildman–Crippen LogP) is 1.13. The fourth-order valence-corrected chi connectivity index (χ4v) is 2.68. The van der Waals surface area contributed by atoms with Gasteiger partial charge in [-0.15, -0.1) is 0 Å². The highest BCUT2D eigenvalue weighted by atomic mass is 16.3. The molecule has 0 bridgehead atoms. The van der Waals surface area contributed by atoms with E-state index in [4.69, 9.17) is 5.11 Å². The molecule has 2 rings (SSSR count). The maximum Gasteiger partial charge on any atom is 0.125 e. The fraction of sp³-hybridized carbons (Fsp3) is 0.692. The van der Waals surface area contributed by atoms with Gasteiger partial charge in [0.05, 0.1) is 12.3 Å². The van der Waals surface area contributed by atoms with Gasteiger partial charge in [0.15, 0.2) is 0 Å². The Morgan fingerprint density at radius 2 is 2.35 bits per heavy atom. The molecule has 0 aliphatic carbocycles. The Balaban J connectivity index is 2.17. The Labute approximate surface area is 103 Å². The van der Waals surface area contributed by atoms with Crippen LogP contribution in [0.3, 0.4) is 0 Å². The molecular weight excluding hydrogens is 214 g/mol. The molecule has 2 heterocycles. The Kier molecular flexibility index (Phi) is 3.74. The van der Waals surface area contributed by atoms with E-state index in [9.17, 15) is 0 Å². The van der Waals surface area contributed by atoms with Crippen molar-refractivity contribution in [3.63, 3.8) is 0 Å². The molecule has 4 heteroatoms. The standard InChI is InChI=1S/C13H21N3O/c1-11-14-6-4-12(15-11)13(2)5-3-7-16(10-13)8-9-17/h4,6,17H,3,5,7-10H2,1-2H3/t13-/m1/s1. The van der Waals surface area contributed by atoms with Crippen molar-refractivity contribution in [3.05, 3.63) is 23.8 Å². The minimum atomic E-state index is 0.0983. The molecule has 1 aromatic heterocycles. The number of hydrogen-bond donors (Lipinski definition) is 1. The third kappa shape index (κ3) is 2.82. The molecule has 0 radical (unpaired) electrons. The van der Waals surface area contributed by atoms with Crippen LogP contribution in [0.4, 0.5) is 0 Å². The van der Waals surface area contributed by atoms with Gasteiger partial charge >= 0.3 is 0 Å². The zero-order valence-electron chi connectivity index (χ0n) is 10.7. The lowest BCUT2D eigenvalue weighted by atomic mass is 9.79. The Morgan fingerprint density at radius 1 is 1.53 bits per heavy atom. The Hall–Kier alpha value is -1.00. The van der Waals surface area contributed by atoms with Gasteiger partial charge in [0.1, 0.15) is 5.82 Å². The first-order chi connectivity index (χ1) is 8.14. The molecule has 0 spiro atoms. The summed E-state index contributed by atoms with van der Waals surface area (Å²) in [5, 5.41) is 9.04. The fourth-order valence-electron chi connectivity index (χ4n) is 2.68. The van der Waals surface area contributed by atoms with Crippen LogP contribution in [0, 0.1) is 6.92 Å². The van der Waals surface area contributed by atoms with E-state index in [1.165, 1.54) is 6.42 Å². The van der Waals surface area contributed by atoms with Crippen LogP contribution in [-0.2, 0) is 5.41 Å². The first-order valence-electron chi connectivity index (χ1n) is 6.27. The summed E-state index contributed by atoms with van der Waals surface area (Å²) in [6.45, 7) is 7.25. The first-order valence-corrected chi connectivity index (χ1v) is 6.27. The van der Waals surface area contributed by atoms with Gasteiger partial charge in [-0.05, 0) is 32.4 Å². The van der Waals surface area contributed by atoms with E-state index < -0.39 is 0 Å². The summed E-state index contributed by atoms with van der Waals surface area (Å²) in [5.41, 5.74) is 1.23. The van der Waals surface area contributed by atoms with Crippen molar-refractivity contribution >= 4 is 0 Å². The van der Waals surface area contributed by atoms with E-state index in [0.29, 0.717) is 0 Å². The molecule has 0 amide bonds.